The SMILES string of the molecule is CCCCCC(C)NC(=NCc1ccccc1NS(C)(=O)=O)NCC. The van der Waals surface area contributed by atoms with E-state index < -0.39 is 10.0 Å². The molecule has 3 N–H and O–H groups in total. The molecule has 6 nitrogen and oxygen atoms in total. The summed E-state index contributed by atoms with van der Waals surface area (Å²) in [6.45, 7) is 7.55. The Kier molecular flexibility index (Phi) is 9.34. The highest BCUT2D eigenvalue weighted by Gasteiger charge is 2.08. The van der Waals surface area contributed by atoms with Crippen LogP contribution < -0.4 is 15.4 Å². The minimum absolute atomic E-state index is 0.341. The van der Waals surface area contributed by atoms with Gasteiger partial charge in [-0.25, -0.2) is 13.4 Å². The first kappa shape index (κ1) is 21.3. The molecule has 0 saturated heterocycles. The lowest BCUT2D eigenvalue weighted by Crippen LogP contribution is -2.42. The molecule has 142 valence electrons. The van der Waals surface area contributed by atoms with Gasteiger partial charge in [0, 0.05) is 12.6 Å². The summed E-state index contributed by atoms with van der Waals surface area (Å²) in [5.74, 6) is 0.751. The summed E-state index contributed by atoms with van der Waals surface area (Å²) < 4.78 is 25.5. The van der Waals surface area contributed by atoms with Crippen LogP contribution in [0.25, 0.3) is 0 Å². The lowest BCUT2D eigenvalue weighted by atomic mass is 10.1. The fourth-order valence-electron chi connectivity index (χ4n) is 2.45. The smallest absolute Gasteiger partial charge is 0.229 e. The standard InChI is InChI=1S/C18H32N4O2S/c1-5-7-8-11-15(3)21-18(19-6-2)20-14-16-12-9-10-13-17(16)22-25(4,23)24/h9-10,12-13,15,22H,5-8,11,14H2,1-4H3,(H2,19,20,21). The molecule has 1 atom stereocenters. The van der Waals surface area contributed by atoms with Crippen LogP contribution in [-0.2, 0) is 16.6 Å². The molecule has 25 heavy (non-hydrogen) atoms. The topological polar surface area (TPSA) is 82.6 Å². The van der Waals surface area contributed by atoms with Crippen LogP contribution >= 0.6 is 0 Å². The van der Waals surface area contributed by atoms with Gasteiger partial charge in [-0.1, -0.05) is 44.4 Å². The molecule has 1 aromatic carbocycles. The second-order valence-electron chi connectivity index (χ2n) is 6.27. The highest BCUT2D eigenvalue weighted by atomic mass is 32.2. The summed E-state index contributed by atoms with van der Waals surface area (Å²) in [5, 5.41) is 6.66. The van der Waals surface area contributed by atoms with Gasteiger partial charge in [0.25, 0.3) is 0 Å². The molecule has 0 heterocycles. The highest BCUT2D eigenvalue weighted by Crippen LogP contribution is 2.17. The summed E-state index contributed by atoms with van der Waals surface area (Å²) in [7, 11) is -3.31. The van der Waals surface area contributed by atoms with Gasteiger partial charge in [-0.3, -0.25) is 4.72 Å². The monoisotopic (exact) mass is 368 g/mol. The van der Waals surface area contributed by atoms with Crippen LogP contribution in [0.5, 0.6) is 0 Å². The molecule has 1 rings (SSSR count). The zero-order valence-corrected chi connectivity index (χ0v) is 16.6. The van der Waals surface area contributed by atoms with Gasteiger partial charge in [-0.05, 0) is 31.9 Å². The number of sulfonamides is 1. The molecule has 0 bridgehead atoms. The van der Waals surface area contributed by atoms with E-state index in [0.717, 1.165) is 30.7 Å². The Balaban J connectivity index is 2.77. The summed E-state index contributed by atoms with van der Waals surface area (Å²) >= 11 is 0. The number of aliphatic imine (C=N–C) groups is 1. The zero-order valence-electron chi connectivity index (χ0n) is 15.8. The van der Waals surface area contributed by atoms with Gasteiger partial charge in [-0.15, -0.1) is 0 Å². The average Bonchev–Trinajstić information content (AvgIpc) is 2.53. The second kappa shape index (κ2) is 11.0. The molecule has 0 spiro atoms. The number of nitrogens with one attached hydrogen (secondary N) is 3. The third-order valence-electron chi connectivity index (χ3n) is 3.69. The van der Waals surface area contributed by atoms with Gasteiger partial charge in [0.15, 0.2) is 5.96 Å². The molecular formula is C18H32N4O2S. The third kappa shape index (κ3) is 9.34. The lowest BCUT2D eigenvalue weighted by molar-refractivity contribution is 0.547. The van der Waals surface area contributed by atoms with Crippen molar-refractivity contribution in [3.63, 3.8) is 0 Å². The number of anilines is 1. The number of unbranched alkanes of at least 4 members (excludes halogenated alkanes) is 2. The number of hydrogen-bond acceptors (Lipinski definition) is 3. The Bertz CT molecular complexity index is 644. The van der Waals surface area contributed by atoms with Gasteiger partial charge in [0.1, 0.15) is 0 Å². The van der Waals surface area contributed by atoms with E-state index in [4.69, 9.17) is 0 Å². The van der Waals surface area contributed by atoms with Gasteiger partial charge in [0.2, 0.25) is 10.0 Å². The average molecular weight is 369 g/mol. The van der Waals surface area contributed by atoms with Crippen molar-refractivity contribution in [3.05, 3.63) is 29.8 Å². The Morgan fingerprint density at radius 1 is 1.20 bits per heavy atom. The van der Waals surface area contributed by atoms with E-state index in [-0.39, 0.29) is 0 Å². The molecule has 0 aliphatic heterocycles. The lowest BCUT2D eigenvalue weighted by Gasteiger charge is -2.18. The minimum Gasteiger partial charge on any atom is -0.357 e. The van der Waals surface area contributed by atoms with E-state index in [9.17, 15) is 8.42 Å². The van der Waals surface area contributed by atoms with Crippen LogP contribution in [-0.4, -0.2) is 33.2 Å². The number of guanidine groups is 1. The molecule has 0 aromatic heterocycles. The molecule has 0 fully saturated rings. The van der Waals surface area contributed by atoms with E-state index in [2.05, 4.69) is 34.2 Å². The van der Waals surface area contributed by atoms with E-state index in [1.165, 1.54) is 19.3 Å². The van der Waals surface area contributed by atoms with E-state index in [1.807, 2.05) is 19.1 Å². The molecule has 1 aromatic rings. The van der Waals surface area contributed by atoms with Crippen molar-refractivity contribution in [2.24, 2.45) is 4.99 Å². The van der Waals surface area contributed by atoms with Crippen molar-refractivity contribution in [1.82, 2.24) is 10.6 Å². The van der Waals surface area contributed by atoms with E-state index in [0.29, 0.717) is 18.3 Å². The predicted octanol–water partition coefficient (Wildman–Crippen LogP) is 3.08. The Morgan fingerprint density at radius 2 is 1.92 bits per heavy atom. The van der Waals surface area contributed by atoms with Crippen molar-refractivity contribution < 1.29 is 8.42 Å². The van der Waals surface area contributed by atoms with Crippen molar-refractivity contribution in [1.29, 1.82) is 0 Å². The molecule has 0 aliphatic carbocycles. The maximum absolute atomic E-state index is 11.5. The van der Waals surface area contributed by atoms with Crippen molar-refractivity contribution in [3.8, 4) is 0 Å². The number of para-hydroxylation sites is 1. The van der Waals surface area contributed by atoms with Crippen LogP contribution in [0.1, 0.15) is 52.0 Å². The summed E-state index contributed by atoms with van der Waals surface area (Å²) in [5.41, 5.74) is 1.41. The van der Waals surface area contributed by atoms with Crippen LogP contribution in [0.15, 0.2) is 29.3 Å². The Hall–Kier alpha value is -1.76. The number of rotatable bonds is 10. The molecule has 0 aliphatic rings. The van der Waals surface area contributed by atoms with Crippen molar-refractivity contribution in [2.75, 3.05) is 17.5 Å². The second-order valence-corrected chi connectivity index (χ2v) is 8.02. The van der Waals surface area contributed by atoms with Gasteiger partial charge in [0.05, 0.1) is 18.5 Å². The first-order chi connectivity index (χ1) is 11.9. The molecule has 0 saturated carbocycles. The summed E-state index contributed by atoms with van der Waals surface area (Å²) in [4.78, 5) is 4.60. The Morgan fingerprint density at radius 3 is 2.56 bits per heavy atom. The molecular weight excluding hydrogens is 336 g/mol. The fraction of sp³-hybridized carbons (Fsp3) is 0.611. The Labute approximate surface area is 152 Å². The zero-order chi connectivity index (χ0) is 18.7. The quantitative estimate of drug-likeness (QED) is 0.337. The first-order valence-corrected chi connectivity index (χ1v) is 10.8. The summed E-state index contributed by atoms with van der Waals surface area (Å²) in [6, 6.07) is 7.66. The number of nitrogens with zero attached hydrogens (tertiary/aromatic N) is 1. The van der Waals surface area contributed by atoms with Gasteiger partial charge >= 0.3 is 0 Å². The van der Waals surface area contributed by atoms with Crippen LogP contribution in [0.4, 0.5) is 5.69 Å². The fourth-order valence-corrected chi connectivity index (χ4v) is 3.05. The normalized spacial score (nSPS) is 13.4. The summed E-state index contributed by atoms with van der Waals surface area (Å²) in [6.07, 6.45) is 5.90. The minimum atomic E-state index is -3.31. The van der Waals surface area contributed by atoms with Gasteiger partial charge < -0.3 is 10.6 Å². The van der Waals surface area contributed by atoms with E-state index in [1.54, 1.807) is 12.1 Å². The number of hydrogen-bond donors (Lipinski definition) is 3. The maximum atomic E-state index is 11.5. The molecule has 7 heteroatoms. The van der Waals surface area contributed by atoms with Crippen LogP contribution in [0.2, 0.25) is 0 Å². The first-order valence-electron chi connectivity index (χ1n) is 8.96. The predicted molar refractivity (Wildman–Crippen MR) is 106 cm³/mol. The highest BCUT2D eigenvalue weighted by molar-refractivity contribution is 7.92. The maximum Gasteiger partial charge on any atom is 0.229 e. The molecule has 0 radical (unpaired) electrons. The van der Waals surface area contributed by atoms with Crippen molar-refractivity contribution >= 4 is 21.7 Å². The van der Waals surface area contributed by atoms with Crippen molar-refractivity contribution in [2.45, 2.75) is 59.0 Å². The largest absolute Gasteiger partial charge is 0.357 e. The van der Waals surface area contributed by atoms with Crippen LogP contribution in [0.3, 0.4) is 0 Å². The van der Waals surface area contributed by atoms with Crippen LogP contribution in [0, 0.1) is 0 Å². The number of benzene rings is 1. The third-order valence-corrected chi connectivity index (χ3v) is 4.28. The van der Waals surface area contributed by atoms with E-state index >= 15 is 0 Å². The van der Waals surface area contributed by atoms with Gasteiger partial charge in [-0.2, -0.15) is 0 Å². The molecule has 1 unspecified atom stereocenters. The molecule has 0 amide bonds.